The molecular formula is C20H21N3O2. The number of aliphatic hydroxyl groups excluding tert-OH is 1. The Morgan fingerprint density at radius 1 is 1.16 bits per heavy atom. The van der Waals surface area contributed by atoms with Crippen molar-refractivity contribution in [3.05, 3.63) is 83.6 Å². The van der Waals surface area contributed by atoms with Crippen LogP contribution < -0.4 is 5.32 Å². The van der Waals surface area contributed by atoms with E-state index in [0.717, 1.165) is 11.1 Å². The highest BCUT2D eigenvalue weighted by Gasteiger charge is 2.19. The van der Waals surface area contributed by atoms with Crippen LogP contribution in [0.15, 0.2) is 72.4 Å². The molecule has 2 N–H and O–H groups in total. The summed E-state index contributed by atoms with van der Waals surface area (Å²) >= 11 is 0. The third-order valence-electron chi connectivity index (χ3n) is 3.71. The summed E-state index contributed by atoms with van der Waals surface area (Å²) in [6, 6.07) is 20.8. The number of hydrogen-bond donors (Lipinski definition) is 2. The number of nitrogens with zero attached hydrogens (tertiary/aromatic N) is 2. The zero-order valence-corrected chi connectivity index (χ0v) is 14.1. The van der Waals surface area contributed by atoms with Gasteiger partial charge in [-0.25, -0.2) is 0 Å². The third-order valence-corrected chi connectivity index (χ3v) is 3.71. The molecule has 0 fully saturated rings. The smallest absolute Gasteiger partial charge is 0.264 e. The first-order valence-electron chi connectivity index (χ1n) is 7.99. The summed E-state index contributed by atoms with van der Waals surface area (Å²) in [6.45, 7) is 0.295. The Bertz CT molecular complexity index is 712. The molecule has 0 radical (unpaired) electrons. The molecule has 25 heavy (non-hydrogen) atoms. The number of nitriles is 1. The molecular weight excluding hydrogens is 314 g/mol. The van der Waals surface area contributed by atoms with E-state index in [1.54, 1.807) is 11.9 Å². The number of rotatable bonds is 7. The predicted molar refractivity (Wildman–Crippen MR) is 96.3 cm³/mol. The molecule has 5 heteroatoms. The van der Waals surface area contributed by atoms with Gasteiger partial charge < -0.3 is 15.3 Å². The van der Waals surface area contributed by atoms with Crippen molar-refractivity contribution in [1.29, 1.82) is 5.26 Å². The van der Waals surface area contributed by atoms with Gasteiger partial charge in [-0.3, -0.25) is 4.79 Å². The van der Waals surface area contributed by atoms with E-state index in [9.17, 15) is 10.1 Å². The van der Waals surface area contributed by atoms with Crippen molar-refractivity contribution in [3.63, 3.8) is 0 Å². The number of benzene rings is 2. The van der Waals surface area contributed by atoms with Gasteiger partial charge in [0.05, 0.1) is 12.6 Å². The molecule has 0 saturated heterocycles. The Balaban J connectivity index is 2.28. The molecule has 0 aliphatic rings. The molecule has 0 saturated carbocycles. The van der Waals surface area contributed by atoms with Crippen molar-refractivity contribution in [2.24, 2.45) is 0 Å². The Hall–Kier alpha value is -3.10. The summed E-state index contributed by atoms with van der Waals surface area (Å²) < 4.78 is 0. The number of carbonyl (C=O) groups excluding carboxylic acids is 1. The van der Waals surface area contributed by atoms with Crippen LogP contribution in [0.2, 0.25) is 0 Å². The van der Waals surface area contributed by atoms with Crippen LogP contribution in [0.25, 0.3) is 0 Å². The van der Waals surface area contributed by atoms with E-state index in [4.69, 9.17) is 5.11 Å². The first-order valence-corrected chi connectivity index (χ1v) is 7.99. The van der Waals surface area contributed by atoms with E-state index >= 15 is 0 Å². The summed E-state index contributed by atoms with van der Waals surface area (Å²) in [5.74, 6) is -0.454. The van der Waals surface area contributed by atoms with Crippen LogP contribution in [-0.2, 0) is 4.79 Å². The van der Waals surface area contributed by atoms with Crippen LogP contribution in [-0.4, -0.2) is 36.1 Å². The summed E-state index contributed by atoms with van der Waals surface area (Å²) in [7, 11) is 1.70. The van der Waals surface area contributed by atoms with Crippen LogP contribution in [0.5, 0.6) is 0 Å². The number of amides is 1. The lowest BCUT2D eigenvalue weighted by Gasteiger charge is -2.20. The van der Waals surface area contributed by atoms with Gasteiger partial charge in [0.1, 0.15) is 11.6 Å². The second kappa shape index (κ2) is 9.26. The molecule has 0 aliphatic carbocycles. The molecule has 0 unspecified atom stereocenters. The average Bonchev–Trinajstić information content (AvgIpc) is 2.65. The molecule has 0 aromatic heterocycles. The first kappa shape index (κ1) is 18.2. The van der Waals surface area contributed by atoms with Crippen molar-refractivity contribution >= 4 is 5.91 Å². The Kier molecular flexibility index (Phi) is 6.76. The molecule has 2 aromatic carbocycles. The highest BCUT2D eigenvalue weighted by atomic mass is 16.3. The maximum absolute atomic E-state index is 12.6. The van der Waals surface area contributed by atoms with Crippen molar-refractivity contribution in [2.45, 2.75) is 6.04 Å². The van der Waals surface area contributed by atoms with Crippen LogP contribution in [0, 0.1) is 11.3 Å². The topological polar surface area (TPSA) is 76.4 Å². The van der Waals surface area contributed by atoms with Gasteiger partial charge in [-0.2, -0.15) is 5.26 Å². The Labute approximate surface area is 147 Å². The Morgan fingerprint density at radius 2 is 1.68 bits per heavy atom. The zero-order valence-electron chi connectivity index (χ0n) is 14.1. The summed E-state index contributed by atoms with van der Waals surface area (Å²) in [4.78, 5) is 14.2. The average molecular weight is 335 g/mol. The monoisotopic (exact) mass is 335 g/mol. The minimum Gasteiger partial charge on any atom is -0.395 e. The lowest BCUT2D eigenvalue weighted by molar-refractivity contribution is -0.117. The number of likely N-dealkylation sites (N-methyl/N-ethyl adjacent to an activating group) is 1. The maximum atomic E-state index is 12.6. The van der Waals surface area contributed by atoms with E-state index in [2.05, 4.69) is 5.32 Å². The molecule has 0 aliphatic heterocycles. The lowest BCUT2D eigenvalue weighted by atomic mass is 9.98. The van der Waals surface area contributed by atoms with Crippen LogP contribution in [0.1, 0.15) is 17.2 Å². The fraction of sp³-hybridized carbons (Fsp3) is 0.200. The summed E-state index contributed by atoms with van der Waals surface area (Å²) in [5, 5.41) is 21.2. The minimum absolute atomic E-state index is 0.00666. The van der Waals surface area contributed by atoms with E-state index in [-0.39, 0.29) is 18.2 Å². The van der Waals surface area contributed by atoms with Crippen molar-refractivity contribution in [2.75, 3.05) is 20.2 Å². The molecule has 0 atom stereocenters. The summed E-state index contributed by atoms with van der Waals surface area (Å²) in [5.41, 5.74) is 1.86. The fourth-order valence-corrected chi connectivity index (χ4v) is 2.44. The molecule has 0 heterocycles. The van der Waals surface area contributed by atoms with Gasteiger partial charge >= 0.3 is 0 Å². The molecule has 2 rings (SSSR count). The van der Waals surface area contributed by atoms with Crippen LogP contribution in [0.4, 0.5) is 0 Å². The van der Waals surface area contributed by atoms with Crippen molar-refractivity contribution in [3.8, 4) is 6.07 Å². The van der Waals surface area contributed by atoms with Crippen LogP contribution >= 0.6 is 0 Å². The lowest BCUT2D eigenvalue weighted by Crippen LogP contribution is -2.31. The van der Waals surface area contributed by atoms with Crippen molar-refractivity contribution < 1.29 is 9.90 Å². The van der Waals surface area contributed by atoms with Gasteiger partial charge in [-0.15, -0.1) is 0 Å². The normalized spacial score (nSPS) is 11.0. The van der Waals surface area contributed by atoms with Gasteiger partial charge in [0.15, 0.2) is 0 Å². The van der Waals surface area contributed by atoms with E-state index in [1.807, 2.05) is 66.7 Å². The number of nitrogens with one attached hydrogen (secondary N) is 1. The minimum atomic E-state index is -0.454. The molecule has 0 bridgehead atoms. The first-order chi connectivity index (χ1) is 12.2. The second-order valence-corrected chi connectivity index (χ2v) is 5.59. The van der Waals surface area contributed by atoms with Gasteiger partial charge in [-0.1, -0.05) is 60.7 Å². The van der Waals surface area contributed by atoms with E-state index in [0.29, 0.717) is 6.54 Å². The number of aliphatic hydroxyl groups is 1. The summed E-state index contributed by atoms with van der Waals surface area (Å²) in [6.07, 6.45) is 1.44. The number of hydrogen-bond acceptors (Lipinski definition) is 4. The zero-order chi connectivity index (χ0) is 18.1. The molecule has 5 nitrogen and oxygen atoms in total. The second-order valence-electron chi connectivity index (χ2n) is 5.59. The largest absolute Gasteiger partial charge is 0.395 e. The van der Waals surface area contributed by atoms with E-state index in [1.165, 1.54) is 6.20 Å². The molecule has 0 spiro atoms. The predicted octanol–water partition coefficient (Wildman–Crippen LogP) is 2.22. The quantitative estimate of drug-likeness (QED) is 0.601. The van der Waals surface area contributed by atoms with Gasteiger partial charge in [0.2, 0.25) is 0 Å². The standard InChI is InChI=1S/C20H21N3O2/c1-23(12-13-24)15-18(14-21)20(25)22-19(16-8-4-2-5-9-16)17-10-6-3-7-11-17/h2-11,15,19,24H,12-13H2,1H3,(H,22,25)/b18-15-. The third kappa shape index (κ3) is 5.20. The van der Waals surface area contributed by atoms with Crippen LogP contribution in [0.3, 0.4) is 0 Å². The van der Waals surface area contributed by atoms with Gasteiger partial charge in [0, 0.05) is 19.8 Å². The maximum Gasteiger partial charge on any atom is 0.264 e. The molecule has 128 valence electrons. The molecule has 1 amide bonds. The highest BCUT2D eigenvalue weighted by molar-refractivity contribution is 5.97. The van der Waals surface area contributed by atoms with Gasteiger partial charge in [-0.05, 0) is 11.1 Å². The fourth-order valence-electron chi connectivity index (χ4n) is 2.44. The van der Waals surface area contributed by atoms with Gasteiger partial charge in [0.25, 0.3) is 5.91 Å². The highest BCUT2D eigenvalue weighted by Crippen LogP contribution is 2.22. The van der Waals surface area contributed by atoms with E-state index < -0.39 is 5.91 Å². The van der Waals surface area contributed by atoms with Crippen molar-refractivity contribution in [1.82, 2.24) is 10.2 Å². The molecule has 2 aromatic rings. The SMILES string of the molecule is CN(/C=C(/C#N)C(=O)NC(c1ccccc1)c1ccccc1)CCO. The number of carbonyl (C=O) groups is 1. The Morgan fingerprint density at radius 3 is 2.12 bits per heavy atom.